The number of sulfone groups is 1. The topological polar surface area (TPSA) is 98.1 Å². The van der Waals surface area contributed by atoms with Crippen LogP contribution in [0.5, 0.6) is 0 Å². The number of carbonyl (C=O) groups excluding carboxylic acids is 1. The van der Waals surface area contributed by atoms with Gasteiger partial charge >= 0.3 is 0 Å². The zero-order valence-electron chi connectivity index (χ0n) is 17.7. The molecule has 0 aliphatic heterocycles. The number of aryl methyl sites for hydroxylation is 1. The van der Waals surface area contributed by atoms with Crippen LogP contribution in [0.3, 0.4) is 0 Å². The molecule has 0 saturated carbocycles. The van der Waals surface area contributed by atoms with E-state index in [1.807, 2.05) is 32.9 Å². The van der Waals surface area contributed by atoms with Gasteiger partial charge in [0.25, 0.3) is 5.56 Å². The van der Waals surface area contributed by atoms with Crippen LogP contribution in [0.25, 0.3) is 0 Å². The van der Waals surface area contributed by atoms with Gasteiger partial charge in [-0.3, -0.25) is 9.59 Å². The van der Waals surface area contributed by atoms with Crippen LogP contribution in [0.1, 0.15) is 37.8 Å². The van der Waals surface area contributed by atoms with Gasteiger partial charge in [-0.15, -0.1) is 0 Å². The number of amides is 1. The van der Waals surface area contributed by atoms with E-state index >= 15 is 0 Å². The van der Waals surface area contributed by atoms with Crippen molar-refractivity contribution in [3.63, 3.8) is 0 Å². The number of benzene rings is 2. The van der Waals surface area contributed by atoms with Crippen LogP contribution < -0.4 is 10.9 Å². The Bertz CT molecular complexity index is 1230. The zero-order chi connectivity index (χ0) is 22.6. The fourth-order valence-electron chi connectivity index (χ4n) is 3.00. The number of aromatic nitrogens is 2. The highest BCUT2D eigenvalue weighted by molar-refractivity contribution is 7.91. The van der Waals surface area contributed by atoms with Crippen molar-refractivity contribution in [3.8, 4) is 0 Å². The van der Waals surface area contributed by atoms with Crippen LogP contribution in [0.15, 0.2) is 75.4 Å². The molecule has 8 heteroatoms. The highest BCUT2D eigenvalue weighted by atomic mass is 32.2. The van der Waals surface area contributed by atoms with E-state index in [1.54, 1.807) is 24.3 Å². The zero-order valence-corrected chi connectivity index (χ0v) is 18.5. The first-order valence-corrected chi connectivity index (χ1v) is 11.5. The highest BCUT2D eigenvalue weighted by Gasteiger charge is 2.21. The van der Waals surface area contributed by atoms with Gasteiger partial charge in [-0.25, -0.2) is 13.1 Å². The Morgan fingerprint density at radius 2 is 1.65 bits per heavy atom. The minimum absolute atomic E-state index is 0.0788. The monoisotopic (exact) mass is 439 g/mol. The Morgan fingerprint density at radius 1 is 1.00 bits per heavy atom. The quantitative estimate of drug-likeness (QED) is 0.608. The number of carbonyl (C=O) groups is 1. The van der Waals surface area contributed by atoms with Crippen molar-refractivity contribution in [1.29, 1.82) is 0 Å². The van der Waals surface area contributed by atoms with Crippen LogP contribution in [0, 0.1) is 0 Å². The van der Waals surface area contributed by atoms with E-state index in [0.29, 0.717) is 5.69 Å². The highest BCUT2D eigenvalue weighted by Crippen LogP contribution is 2.21. The van der Waals surface area contributed by atoms with Gasteiger partial charge in [0.2, 0.25) is 15.7 Å². The smallest absolute Gasteiger partial charge is 0.267 e. The molecule has 0 unspecified atom stereocenters. The summed E-state index contributed by atoms with van der Waals surface area (Å²) >= 11 is 0. The molecule has 0 aliphatic rings. The first-order chi connectivity index (χ1) is 14.7. The van der Waals surface area contributed by atoms with Gasteiger partial charge in [0, 0.05) is 11.8 Å². The maximum Gasteiger partial charge on any atom is 0.267 e. The lowest BCUT2D eigenvalue weighted by Gasteiger charge is -2.10. The summed E-state index contributed by atoms with van der Waals surface area (Å²) in [6.07, 6.45) is 0.884. The molecule has 7 nitrogen and oxygen atoms in total. The van der Waals surface area contributed by atoms with Crippen LogP contribution in [-0.4, -0.2) is 24.1 Å². The molecule has 2 aromatic carbocycles. The van der Waals surface area contributed by atoms with Crippen molar-refractivity contribution in [3.05, 3.63) is 82.1 Å². The Balaban J connectivity index is 1.81. The molecule has 0 spiro atoms. The molecule has 162 valence electrons. The molecular formula is C23H25N3O4S. The Hall–Kier alpha value is -3.26. The minimum atomic E-state index is -3.93. The van der Waals surface area contributed by atoms with Gasteiger partial charge in [-0.1, -0.05) is 45.0 Å². The van der Waals surface area contributed by atoms with Gasteiger partial charge in [-0.2, -0.15) is 5.10 Å². The first kappa shape index (κ1) is 22.4. The fraction of sp³-hybridized carbons (Fsp3) is 0.261. The molecule has 0 atom stereocenters. The van der Waals surface area contributed by atoms with E-state index in [2.05, 4.69) is 10.4 Å². The molecule has 1 heterocycles. The average Bonchev–Trinajstić information content (AvgIpc) is 2.75. The van der Waals surface area contributed by atoms with Gasteiger partial charge in [-0.05, 0) is 53.8 Å². The molecule has 0 radical (unpaired) electrons. The molecule has 0 fully saturated rings. The van der Waals surface area contributed by atoms with Crippen molar-refractivity contribution in [2.75, 3.05) is 5.32 Å². The van der Waals surface area contributed by atoms with Gasteiger partial charge < -0.3 is 5.32 Å². The van der Waals surface area contributed by atoms with Crippen LogP contribution >= 0.6 is 0 Å². The number of anilines is 1. The maximum absolute atomic E-state index is 12.9. The van der Waals surface area contributed by atoms with E-state index in [0.717, 1.165) is 34.4 Å². The van der Waals surface area contributed by atoms with Gasteiger partial charge in [0.05, 0.1) is 4.90 Å². The first-order valence-electron chi connectivity index (χ1n) is 10.0. The molecule has 1 aromatic heterocycles. The van der Waals surface area contributed by atoms with E-state index in [-0.39, 0.29) is 15.8 Å². The summed E-state index contributed by atoms with van der Waals surface area (Å²) in [5.41, 5.74) is 2.17. The molecule has 0 saturated heterocycles. The average molecular weight is 440 g/mol. The van der Waals surface area contributed by atoms with Crippen molar-refractivity contribution >= 4 is 21.4 Å². The van der Waals surface area contributed by atoms with Gasteiger partial charge in [0.15, 0.2) is 5.03 Å². The predicted octanol–water partition coefficient (Wildman–Crippen LogP) is 3.40. The molecule has 31 heavy (non-hydrogen) atoms. The summed E-state index contributed by atoms with van der Waals surface area (Å²) in [7, 11) is -3.93. The molecular weight excluding hydrogens is 414 g/mol. The van der Waals surface area contributed by atoms with Crippen LogP contribution in [0.4, 0.5) is 5.69 Å². The third-order valence-electron chi connectivity index (χ3n) is 4.91. The second-order valence-electron chi connectivity index (χ2n) is 7.49. The number of nitrogens with one attached hydrogen (secondary N) is 1. The van der Waals surface area contributed by atoms with Crippen molar-refractivity contribution in [2.45, 2.75) is 49.6 Å². The molecule has 3 aromatic rings. The lowest BCUT2D eigenvalue weighted by Crippen LogP contribution is -2.30. The number of nitrogens with zero attached hydrogens (tertiary/aromatic N) is 2. The summed E-state index contributed by atoms with van der Waals surface area (Å²) in [5, 5.41) is 6.34. The Morgan fingerprint density at radius 3 is 2.23 bits per heavy atom. The lowest BCUT2D eigenvalue weighted by atomic mass is 10.0. The predicted molar refractivity (Wildman–Crippen MR) is 119 cm³/mol. The number of hydrogen-bond donors (Lipinski definition) is 1. The lowest BCUT2D eigenvalue weighted by molar-refractivity contribution is -0.117. The summed E-state index contributed by atoms with van der Waals surface area (Å²) < 4.78 is 26.7. The van der Waals surface area contributed by atoms with Crippen molar-refractivity contribution in [2.24, 2.45) is 0 Å². The summed E-state index contributed by atoms with van der Waals surface area (Å²) in [6.45, 7) is 5.67. The van der Waals surface area contributed by atoms with E-state index in [4.69, 9.17) is 0 Å². The van der Waals surface area contributed by atoms with E-state index in [9.17, 15) is 18.0 Å². The molecule has 0 bridgehead atoms. The maximum atomic E-state index is 12.9. The summed E-state index contributed by atoms with van der Waals surface area (Å²) in [4.78, 5) is 24.6. The van der Waals surface area contributed by atoms with Crippen molar-refractivity contribution in [1.82, 2.24) is 9.78 Å². The third kappa shape index (κ3) is 5.27. The fourth-order valence-corrected chi connectivity index (χ4v) is 4.19. The largest absolute Gasteiger partial charge is 0.324 e. The minimum Gasteiger partial charge on any atom is -0.324 e. The van der Waals surface area contributed by atoms with E-state index in [1.165, 1.54) is 12.1 Å². The van der Waals surface area contributed by atoms with Gasteiger partial charge in [0.1, 0.15) is 6.54 Å². The standard InChI is InChI=1S/C23H25N3O4S/c1-4-17-5-9-19(10-6-17)24-21(27)15-26-23(28)14-13-22(25-26)31(29,30)20-11-7-18(8-12-20)16(2)3/h5-14,16H,4,15H2,1-3H3,(H,24,27). The Kier molecular flexibility index (Phi) is 6.70. The van der Waals surface area contributed by atoms with Crippen LogP contribution in [0.2, 0.25) is 0 Å². The van der Waals surface area contributed by atoms with E-state index < -0.39 is 27.8 Å². The molecule has 1 amide bonds. The van der Waals surface area contributed by atoms with Crippen LogP contribution in [-0.2, 0) is 27.6 Å². The number of rotatable bonds is 7. The van der Waals surface area contributed by atoms with Crippen molar-refractivity contribution < 1.29 is 13.2 Å². The molecule has 0 aliphatic carbocycles. The SMILES string of the molecule is CCc1ccc(NC(=O)Cn2nc(S(=O)(=O)c3ccc(C(C)C)cc3)ccc2=O)cc1. The normalized spacial score (nSPS) is 11.5. The summed E-state index contributed by atoms with van der Waals surface area (Å²) in [5.74, 6) is -0.205. The second-order valence-corrected chi connectivity index (χ2v) is 9.39. The third-order valence-corrected chi connectivity index (χ3v) is 6.58. The second kappa shape index (κ2) is 9.26. The molecule has 3 rings (SSSR count). The number of hydrogen-bond acceptors (Lipinski definition) is 5. The molecule has 1 N–H and O–H groups in total. The Labute approximate surface area is 181 Å². The summed E-state index contributed by atoms with van der Waals surface area (Å²) in [6, 6.07) is 16.2.